The molecule has 3 aromatic carbocycles. The molecule has 282 valence electrons. The number of amides is 4. The van der Waals surface area contributed by atoms with Crippen molar-refractivity contribution in [3.05, 3.63) is 95.6 Å². The Bertz CT molecular complexity index is 1720. The fraction of sp³-hybridized carbons (Fsp3) is 0.476. The van der Waals surface area contributed by atoms with Gasteiger partial charge in [0.15, 0.2) is 0 Å². The molecule has 53 heavy (non-hydrogen) atoms. The van der Waals surface area contributed by atoms with Gasteiger partial charge in [0.1, 0.15) is 11.5 Å². The highest BCUT2D eigenvalue weighted by molar-refractivity contribution is 6.36. The van der Waals surface area contributed by atoms with E-state index < -0.39 is 23.6 Å². The number of phenols is 2. The van der Waals surface area contributed by atoms with Crippen molar-refractivity contribution in [3.63, 3.8) is 0 Å². The summed E-state index contributed by atoms with van der Waals surface area (Å²) in [6, 6.07) is 23.4. The van der Waals surface area contributed by atoms with Crippen LogP contribution in [0.5, 0.6) is 11.5 Å². The quantitative estimate of drug-likeness (QED) is 0.202. The molecule has 3 aliphatic heterocycles. The van der Waals surface area contributed by atoms with E-state index in [-0.39, 0.29) is 41.6 Å². The molecule has 11 heteroatoms. The molecule has 0 spiro atoms. The number of carbonyl (C=O) groups is 4. The zero-order valence-corrected chi connectivity index (χ0v) is 30.9. The van der Waals surface area contributed by atoms with Gasteiger partial charge in [-0.15, -0.1) is 0 Å². The van der Waals surface area contributed by atoms with Gasteiger partial charge in [0.05, 0.1) is 6.04 Å². The lowest BCUT2D eigenvalue weighted by atomic mass is 9.92. The first-order valence-electron chi connectivity index (χ1n) is 19.2. The summed E-state index contributed by atoms with van der Waals surface area (Å²) in [5, 5.41) is 22.8. The predicted octanol–water partition coefficient (Wildman–Crippen LogP) is 4.08. The number of hydrogen-bond acceptors (Lipinski definition) is 7. The number of nitrogens with zero attached hydrogens (tertiary/aromatic N) is 4. The number of piperazine rings is 2. The van der Waals surface area contributed by atoms with Gasteiger partial charge in [0, 0.05) is 56.8 Å². The van der Waals surface area contributed by atoms with Crippen LogP contribution in [0.15, 0.2) is 78.9 Å². The molecule has 3 saturated heterocycles. The first-order valence-corrected chi connectivity index (χ1v) is 19.2. The van der Waals surface area contributed by atoms with Crippen LogP contribution >= 0.6 is 0 Å². The Morgan fingerprint density at radius 2 is 1.43 bits per heavy atom. The normalized spacial score (nSPS) is 22.3. The summed E-state index contributed by atoms with van der Waals surface area (Å²) in [6.07, 6.45) is 5.26. The van der Waals surface area contributed by atoms with Gasteiger partial charge in [-0.3, -0.25) is 24.1 Å². The molecule has 1 unspecified atom stereocenters. The molecule has 3 N–H and O–H groups in total. The van der Waals surface area contributed by atoms with Crippen LogP contribution in [0, 0.1) is 0 Å². The lowest BCUT2D eigenvalue weighted by Gasteiger charge is -2.46. The lowest BCUT2D eigenvalue weighted by Crippen LogP contribution is -2.65. The van der Waals surface area contributed by atoms with Gasteiger partial charge < -0.3 is 30.2 Å². The summed E-state index contributed by atoms with van der Waals surface area (Å²) in [5.41, 5.74) is 3.01. The molecule has 5 atom stereocenters. The van der Waals surface area contributed by atoms with E-state index in [4.69, 9.17) is 0 Å². The molecule has 0 bridgehead atoms. The zero-order valence-electron chi connectivity index (χ0n) is 30.9. The fourth-order valence-electron chi connectivity index (χ4n) is 8.41. The SMILES string of the molecule is CCC[C@@H]1CNC(=O)C(=O)N1C[C@@H]1CCCN1C[C@@H](Cc1ccc(O)cc1)N1C[C@@H](Cc2ccc(O)cc2)N(CC(CC)c2ccccc2)C(=O)C1=O. The first-order chi connectivity index (χ1) is 25.6. The summed E-state index contributed by atoms with van der Waals surface area (Å²) in [6.45, 7) is 7.07. The Hall–Kier alpha value is -4.90. The van der Waals surface area contributed by atoms with Crippen LogP contribution in [0.1, 0.15) is 68.6 Å². The minimum Gasteiger partial charge on any atom is -0.508 e. The highest BCUT2D eigenvalue weighted by Gasteiger charge is 2.44. The number of benzene rings is 3. The second kappa shape index (κ2) is 17.3. The molecule has 3 aromatic rings. The van der Waals surface area contributed by atoms with Crippen molar-refractivity contribution in [2.75, 3.05) is 39.3 Å². The third-order valence-corrected chi connectivity index (χ3v) is 11.4. The van der Waals surface area contributed by atoms with Crippen LogP contribution < -0.4 is 5.32 Å². The molecular formula is C42H53N5O6. The number of phenolic OH excluding ortho intramolecular Hbond substituents is 2. The average molecular weight is 724 g/mol. The molecule has 11 nitrogen and oxygen atoms in total. The fourth-order valence-corrected chi connectivity index (χ4v) is 8.41. The van der Waals surface area contributed by atoms with E-state index in [1.165, 1.54) is 0 Å². The third-order valence-electron chi connectivity index (χ3n) is 11.4. The number of aromatic hydroxyl groups is 2. The predicted molar refractivity (Wildman–Crippen MR) is 202 cm³/mol. The highest BCUT2D eigenvalue weighted by atomic mass is 16.3. The Morgan fingerprint density at radius 3 is 2.09 bits per heavy atom. The van der Waals surface area contributed by atoms with Crippen LogP contribution in [0.4, 0.5) is 0 Å². The van der Waals surface area contributed by atoms with Gasteiger partial charge in [0.2, 0.25) is 0 Å². The largest absolute Gasteiger partial charge is 0.508 e. The van der Waals surface area contributed by atoms with Crippen LogP contribution in [0.2, 0.25) is 0 Å². The van der Waals surface area contributed by atoms with E-state index in [1.54, 1.807) is 39.0 Å². The number of hydrogen-bond donors (Lipinski definition) is 3. The molecule has 0 radical (unpaired) electrons. The summed E-state index contributed by atoms with van der Waals surface area (Å²) in [7, 11) is 0. The minimum absolute atomic E-state index is 0.00240. The molecule has 0 aromatic heterocycles. The van der Waals surface area contributed by atoms with Gasteiger partial charge in [-0.1, -0.05) is 74.9 Å². The minimum atomic E-state index is -0.564. The summed E-state index contributed by atoms with van der Waals surface area (Å²) in [4.78, 5) is 61.9. The molecule has 0 aliphatic carbocycles. The second-order valence-corrected chi connectivity index (χ2v) is 14.9. The van der Waals surface area contributed by atoms with Crippen molar-refractivity contribution in [3.8, 4) is 11.5 Å². The van der Waals surface area contributed by atoms with Gasteiger partial charge in [0.25, 0.3) is 0 Å². The van der Waals surface area contributed by atoms with Crippen LogP contribution in [-0.4, -0.2) is 117 Å². The Balaban J connectivity index is 1.29. The van der Waals surface area contributed by atoms with E-state index in [1.807, 2.05) is 42.5 Å². The summed E-state index contributed by atoms with van der Waals surface area (Å²) < 4.78 is 0. The smallest absolute Gasteiger partial charge is 0.312 e. The van der Waals surface area contributed by atoms with Crippen molar-refractivity contribution in [1.29, 1.82) is 0 Å². The van der Waals surface area contributed by atoms with Gasteiger partial charge in [-0.2, -0.15) is 0 Å². The Labute approximate surface area is 312 Å². The van der Waals surface area contributed by atoms with Crippen LogP contribution in [-0.2, 0) is 32.0 Å². The first kappa shape index (κ1) is 37.8. The van der Waals surface area contributed by atoms with Gasteiger partial charge in [-0.05, 0) is 86.0 Å². The van der Waals surface area contributed by atoms with E-state index >= 15 is 0 Å². The van der Waals surface area contributed by atoms with E-state index in [9.17, 15) is 29.4 Å². The van der Waals surface area contributed by atoms with Crippen molar-refractivity contribution < 1.29 is 29.4 Å². The van der Waals surface area contributed by atoms with Crippen molar-refractivity contribution in [1.82, 2.24) is 24.9 Å². The standard InChI is InChI=1S/C42H53N5O6/c1-3-9-33-24-43-39(50)40(51)46(33)27-34-12-8-21-44(34)26-35(22-29-13-17-37(48)18-14-29)47-28-36(23-30-15-19-38(49)20-16-30)45(41(52)42(47)53)25-31(4-2)32-10-6-5-7-11-32/h5-7,10-11,13-20,31,33-36,48-49H,3-4,8-9,12,21-28H2,1-2H3,(H,43,50)/t31?,33-,34+,35-,36-/m1/s1. The monoisotopic (exact) mass is 723 g/mol. The second-order valence-electron chi connectivity index (χ2n) is 14.9. The molecule has 3 fully saturated rings. The highest BCUT2D eigenvalue weighted by Crippen LogP contribution is 2.29. The number of likely N-dealkylation sites (tertiary alicyclic amines) is 1. The molecule has 3 heterocycles. The van der Waals surface area contributed by atoms with E-state index in [0.717, 1.165) is 55.3 Å². The van der Waals surface area contributed by atoms with Crippen molar-refractivity contribution in [2.24, 2.45) is 0 Å². The average Bonchev–Trinajstić information content (AvgIpc) is 3.60. The summed E-state index contributed by atoms with van der Waals surface area (Å²) in [5.74, 6) is -1.73. The molecule has 0 saturated carbocycles. The maximum atomic E-state index is 14.4. The molecule has 4 amide bonds. The number of nitrogens with one attached hydrogen (secondary N) is 1. The lowest BCUT2D eigenvalue weighted by molar-refractivity contribution is -0.161. The number of carbonyl (C=O) groups excluding carboxylic acids is 4. The van der Waals surface area contributed by atoms with Crippen molar-refractivity contribution in [2.45, 2.75) is 88.9 Å². The van der Waals surface area contributed by atoms with Crippen LogP contribution in [0.3, 0.4) is 0 Å². The van der Waals surface area contributed by atoms with E-state index in [2.05, 4.69) is 36.2 Å². The third kappa shape index (κ3) is 9.01. The van der Waals surface area contributed by atoms with Crippen molar-refractivity contribution >= 4 is 23.6 Å². The van der Waals surface area contributed by atoms with E-state index in [0.29, 0.717) is 45.6 Å². The zero-order chi connectivity index (χ0) is 37.5. The Morgan fingerprint density at radius 1 is 0.755 bits per heavy atom. The van der Waals surface area contributed by atoms with Gasteiger partial charge >= 0.3 is 23.6 Å². The maximum Gasteiger partial charge on any atom is 0.312 e. The number of rotatable bonds is 15. The molecular weight excluding hydrogens is 670 g/mol. The molecule has 6 rings (SSSR count). The topological polar surface area (TPSA) is 134 Å². The van der Waals surface area contributed by atoms with Gasteiger partial charge in [-0.25, -0.2) is 0 Å². The van der Waals surface area contributed by atoms with Crippen LogP contribution in [0.25, 0.3) is 0 Å². The molecule has 3 aliphatic rings. The summed E-state index contributed by atoms with van der Waals surface area (Å²) >= 11 is 0. The maximum absolute atomic E-state index is 14.4. The Kier molecular flexibility index (Phi) is 12.3.